The number of halogens is 2. The number of nitrogens with one attached hydrogen (secondary N) is 1. The Morgan fingerprint density at radius 1 is 0.739 bits per heavy atom. The summed E-state index contributed by atoms with van der Waals surface area (Å²) < 4.78 is 23.4. The zero-order valence-corrected chi connectivity index (χ0v) is 14.9. The molecule has 0 bridgehead atoms. The van der Waals surface area contributed by atoms with Gasteiger partial charge < -0.3 is 0 Å². The second-order valence-corrected chi connectivity index (χ2v) is 7.80. The smallest absolute Gasteiger partial charge is 0.216 e. The highest BCUT2D eigenvalue weighted by molar-refractivity contribution is 7.39. The van der Waals surface area contributed by atoms with Gasteiger partial charge in [0, 0.05) is 21.2 Å². The van der Waals surface area contributed by atoms with E-state index < -0.39 is 27.6 Å². The summed E-state index contributed by atoms with van der Waals surface area (Å²) in [6.07, 6.45) is 0. The summed E-state index contributed by atoms with van der Waals surface area (Å²) in [5.74, 6) is -2.01. The maximum Gasteiger partial charge on any atom is 0.529 e. The summed E-state index contributed by atoms with van der Waals surface area (Å²) in [5, 5.41) is 3.75. The van der Waals surface area contributed by atoms with E-state index in [1.165, 1.54) is 0 Å². The van der Waals surface area contributed by atoms with Crippen molar-refractivity contribution in [2.45, 2.75) is 11.6 Å². The highest BCUT2D eigenvalue weighted by Crippen LogP contribution is 2.43. The van der Waals surface area contributed by atoms with Crippen molar-refractivity contribution in [3.63, 3.8) is 0 Å². The molecule has 0 saturated heterocycles. The lowest BCUT2D eigenvalue weighted by Gasteiger charge is -2.11. The van der Waals surface area contributed by atoms with Gasteiger partial charge in [0.05, 0.1) is 0 Å². The molecule has 0 radical (unpaired) electrons. The van der Waals surface area contributed by atoms with Gasteiger partial charge >= 0.3 is 16.1 Å². The van der Waals surface area contributed by atoms with Crippen LogP contribution < -0.4 is 5.32 Å². The van der Waals surface area contributed by atoms with E-state index in [1.807, 2.05) is 0 Å². The monoisotopic (exact) mass is 391 g/mol. The molecule has 9 heteroatoms. The molecule has 0 aliphatic heterocycles. The van der Waals surface area contributed by atoms with Gasteiger partial charge in [-0.15, -0.1) is 0 Å². The van der Waals surface area contributed by atoms with Crippen LogP contribution >= 0.6 is 39.3 Å². The fourth-order valence-corrected chi connectivity index (χ4v) is 3.79. The molecule has 0 spiro atoms. The summed E-state index contributed by atoms with van der Waals surface area (Å²) in [5.41, 5.74) is 0.989. The lowest BCUT2D eigenvalue weighted by atomic mass is 10.2. The number of hydrogen-bond acceptors (Lipinski definition) is 3. The van der Waals surface area contributed by atoms with Crippen molar-refractivity contribution in [3.8, 4) is 0 Å². The van der Waals surface area contributed by atoms with Crippen LogP contribution in [0.5, 0.6) is 0 Å². The van der Waals surface area contributed by atoms with Gasteiger partial charge in [0.25, 0.3) is 11.6 Å². The van der Waals surface area contributed by atoms with Crippen molar-refractivity contribution in [1.82, 2.24) is 5.32 Å². The molecule has 0 saturated carbocycles. The Balaban J connectivity index is 2.31. The fraction of sp³-hybridized carbons (Fsp3) is 0.143. The van der Waals surface area contributed by atoms with Crippen LogP contribution in [0.1, 0.15) is 22.7 Å². The van der Waals surface area contributed by atoms with Crippen LogP contribution in [0.2, 0.25) is 10.0 Å². The van der Waals surface area contributed by atoms with E-state index in [2.05, 4.69) is 5.32 Å². The van der Waals surface area contributed by atoms with Gasteiger partial charge in [-0.1, -0.05) is 47.5 Å². The second kappa shape index (κ2) is 8.27. The van der Waals surface area contributed by atoms with Crippen LogP contribution in [0.25, 0.3) is 0 Å². The molecule has 5 nitrogen and oxygen atoms in total. The number of hydrogen-bond donors (Lipinski definition) is 3. The molecular formula is C14H13Cl2NO4P2+2. The van der Waals surface area contributed by atoms with Crippen LogP contribution in [-0.2, 0) is 9.13 Å². The first kappa shape index (κ1) is 18.4. The van der Waals surface area contributed by atoms with Crippen LogP contribution in [0.3, 0.4) is 0 Å². The van der Waals surface area contributed by atoms with Gasteiger partial charge in [-0.3, -0.25) is 0 Å². The third-order valence-corrected chi connectivity index (χ3v) is 5.41. The third-order valence-electron chi connectivity index (χ3n) is 3.13. The molecule has 0 fully saturated rings. The molecule has 0 aliphatic rings. The van der Waals surface area contributed by atoms with Crippen molar-refractivity contribution in [2.75, 3.05) is 0 Å². The van der Waals surface area contributed by atoms with E-state index in [9.17, 15) is 18.9 Å². The Kier molecular flexibility index (Phi) is 6.63. The molecular weight excluding hydrogens is 379 g/mol. The quantitative estimate of drug-likeness (QED) is 0.618. The van der Waals surface area contributed by atoms with Gasteiger partial charge in [-0.25, -0.2) is 5.32 Å². The van der Waals surface area contributed by atoms with Crippen molar-refractivity contribution in [2.24, 2.45) is 0 Å². The lowest BCUT2D eigenvalue weighted by molar-refractivity contribution is 0.450. The van der Waals surface area contributed by atoms with E-state index in [-0.39, 0.29) is 0 Å². The number of benzene rings is 2. The first-order chi connectivity index (χ1) is 10.9. The van der Waals surface area contributed by atoms with Crippen LogP contribution in [-0.4, -0.2) is 9.79 Å². The molecule has 3 N–H and O–H groups in total. The van der Waals surface area contributed by atoms with Crippen molar-refractivity contribution in [3.05, 3.63) is 69.7 Å². The molecule has 2 aromatic carbocycles. The fourth-order valence-electron chi connectivity index (χ4n) is 2.01. The van der Waals surface area contributed by atoms with Gasteiger partial charge in [0.2, 0.25) is 0 Å². The minimum Gasteiger partial charge on any atom is -0.216 e. The lowest BCUT2D eigenvalue weighted by Crippen LogP contribution is -2.22. The summed E-state index contributed by atoms with van der Waals surface area (Å²) in [4.78, 5) is 19.1. The average Bonchev–Trinajstić information content (AvgIpc) is 2.50. The van der Waals surface area contributed by atoms with Gasteiger partial charge in [0.1, 0.15) is 0 Å². The molecule has 120 valence electrons. The van der Waals surface area contributed by atoms with Gasteiger partial charge in [0.15, 0.2) is 0 Å². The molecule has 0 amide bonds. The summed E-state index contributed by atoms with van der Waals surface area (Å²) in [7, 11) is -5.35. The van der Waals surface area contributed by atoms with Crippen LogP contribution in [0.15, 0.2) is 48.5 Å². The molecule has 2 rings (SSSR count). The SMILES string of the molecule is O=[P+](O)[C@H](N[C@@H](c1ccc(Cl)cc1)[P+](=O)O)c1ccc(Cl)cc1. The Hall–Kier alpha value is -0.900. The highest BCUT2D eigenvalue weighted by atomic mass is 35.5. The third kappa shape index (κ3) is 5.03. The van der Waals surface area contributed by atoms with E-state index in [0.29, 0.717) is 21.2 Å². The number of rotatable bonds is 6. The minimum atomic E-state index is -2.67. The molecule has 0 heterocycles. The molecule has 2 unspecified atom stereocenters. The predicted octanol–water partition coefficient (Wildman–Crippen LogP) is 4.75. The predicted molar refractivity (Wildman–Crippen MR) is 91.2 cm³/mol. The molecule has 4 atom stereocenters. The summed E-state index contributed by atoms with van der Waals surface area (Å²) in [6, 6.07) is 12.7. The van der Waals surface area contributed by atoms with Crippen LogP contribution in [0.4, 0.5) is 0 Å². The summed E-state index contributed by atoms with van der Waals surface area (Å²) in [6.45, 7) is 0. The zero-order chi connectivity index (χ0) is 17.0. The van der Waals surface area contributed by atoms with E-state index >= 15 is 0 Å². The van der Waals surface area contributed by atoms with Crippen molar-refractivity contribution >= 4 is 39.3 Å². The van der Waals surface area contributed by atoms with Gasteiger partial charge in [-0.05, 0) is 33.4 Å². The van der Waals surface area contributed by atoms with E-state index in [1.54, 1.807) is 48.5 Å². The van der Waals surface area contributed by atoms with Gasteiger partial charge in [-0.2, -0.15) is 9.79 Å². The Morgan fingerprint density at radius 2 is 1.04 bits per heavy atom. The maximum atomic E-state index is 11.7. The first-order valence-corrected chi connectivity index (χ1v) is 9.78. The summed E-state index contributed by atoms with van der Waals surface area (Å²) >= 11 is 11.6. The van der Waals surface area contributed by atoms with E-state index in [4.69, 9.17) is 23.2 Å². The molecule has 2 aromatic rings. The Labute approximate surface area is 145 Å². The Bertz CT molecular complexity index is 648. The standard InChI is InChI=1S/C14H11Cl2NO4P2/c15-11-5-1-9(2-6-11)13(22(18)19)17-14(23(20)21)10-3-7-12(16)8-4-10/h1-8,13-14,17H/p+2/t13-,14+. The molecule has 0 aliphatic carbocycles. The minimum absolute atomic E-state index is 0.489. The molecule has 0 aromatic heterocycles. The zero-order valence-electron chi connectivity index (χ0n) is 11.6. The topological polar surface area (TPSA) is 86.6 Å². The largest absolute Gasteiger partial charge is 0.529 e. The normalized spacial score (nSPS) is 15.0. The first-order valence-electron chi connectivity index (χ1n) is 6.46. The second-order valence-electron chi connectivity index (χ2n) is 4.68. The maximum absolute atomic E-state index is 11.7. The average molecular weight is 392 g/mol. The highest BCUT2D eigenvalue weighted by Gasteiger charge is 2.41. The molecule has 23 heavy (non-hydrogen) atoms. The van der Waals surface area contributed by atoms with Crippen LogP contribution in [0, 0.1) is 0 Å². The Morgan fingerprint density at radius 3 is 1.30 bits per heavy atom. The van der Waals surface area contributed by atoms with Crippen molar-refractivity contribution < 1.29 is 18.9 Å². The van der Waals surface area contributed by atoms with Crippen molar-refractivity contribution in [1.29, 1.82) is 0 Å². The van der Waals surface area contributed by atoms with E-state index in [0.717, 1.165) is 0 Å².